The van der Waals surface area contributed by atoms with Crippen molar-refractivity contribution < 1.29 is 0 Å². The van der Waals surface area contributed by atoms with Crippen molar-refractivity contribution in [3.8, 4) is 0 Å². The molecule has 88 heavy (non-hydrogen) atoms. The molecule has 0 N–H and O–H groups in total. The van der Waals surface area contributed by atoms with Crippen molar-refractivity contribution in [2.45, 2.75) is 435 Å². The predicted octanol–water partition coefficient (Wildman–Crippen LogP) is 30.7. The van der Waals surface area contributed by atoms with Crippen molar-refractivity contribution >= 4 is 0 Å². The van der Waals surface area contributed by atoms with E-state index in [4.69, 9.17) is 0 Å². The van der Waals surface area contributed by atoms with Crippen LogP contribution in [0.25, 0.3) is 0 Å². The van der Waals surface area contributed by atoms with Crippen LogP contribution in [0.3, 0.4) is 0 Å². The molecule has 8 unspecified atom stereocenters. The average Bonchev–Trinajstić information content (AvgIpc) is 4.14. The topological polar surface area (TPSA) is 0 Å². The zero-order chi connectivity index (χ0) is 65.7. The molecule has 0 aromatic carbocycles. The zero-order valence-electron chi connectivity index (χ0n) is 65.7. The van der Waals surface area contributed by atoms with Crippen LogP contribution in [0.2, 0.25) is 0 Å². The fraction of sp³-hybridized carbons (Fsp3) is 1.00. The highest BCUT2D eigenvalue weighted by Gasteiger charge is 2.39. The van der Waals surface area contributed by atoms with Gasteiger partial charge in [-0.2, -0.15) is 0 Å². The first kappa shape index (κ1) is 82.2. The van der Waals surface area contributed by atoms with E-state index in [1.165, 1.54) is 225 Å². The van der Waals surface area contributed by atoms with E-state index in [0.717, 1.165) is 111 Å². The maximum Gasteiger partial charge on any atom is -0.0328 e. The minimum atomic E-state index is 0.653. The quantitative estimate of drug-likeness (QED) is 0.249. The van der Waals surface area contributed by atoms with Crippen LogP contribution in [-0.2, 0) is 0 Å². The Morgan fingerprint density at radius 3 is 1.00 bits per heavy atom. The summed E-state index contributed by atoms with van der Waals surface area (Å²) in [6.45, 7) is 54.4. The first-order chi connectivity index (χ1) is 41.4. The lowest BCUT2D eigenvalue weighted by molar-refractivity contribution is 0.281. The lowest BCUT2D eigenvalue weighted by Crippen LogP contribution is -2.13. The van der Waals surface area contributed by atoms with E-state index in [9.17, 15) is 0 Å². The predicted molar refractivity (Wildman–Crippen MR) is 401 cm³/mol. The third-order valence-corrected chi connectivity index (χ3v) is 29.1. The van der Waals surface area contributed by atoms with Gasteiger partial charge in [-0.3, -0.25) is 0 Å². The third kappa shape index (κ3) is 31.3. The molecule has 10 atom stereocenters. The van der Waals surface area contributed by atoms with Crippen molar-refractivity contribution in [3.05, 3.63) is 0 Å². The van der Waals surface area contributed by atoms with Crippen LogP contribution in [-0.4, -0.2) is 0 Å². The Morgan fingerprint density at radius 2 is 0.818 bits per heavy atom. The maximum absolute atomic E-state index is 2.44. The minimum absolute atomic E-state index is 0.653. The summed E-state index contributed by atoms with van der Waals surface area (Å²) >= 11 is 0. The molecule has 13 saturated carbocycles. The normalized spacial score (nSPS) is 36.0. The van der Waals surface area contributed by atoms with Gasteiger partial charge in [0.2, 0.25) is 0 Å². The van der Waals surface area contributed by atoms with Gasteiger partial charge in [0, 0.05) is 0 Å². The van der Waals surface area contributed by atoms with Crippen LogP contribution in [0.1, 0.15) is 435 Å². The summed E-state index contributed by atoms with van der Waals surface area (Å²) in [5, 5.41) is 0. The van der Waals surface area contributed by atoms with Crippen LogP contribution >= 0.6 is 0 Å². The van der Waals surface area contributed by atoms with Crippen molar-refractivity contribution in [2.24, 2.45) is 128 Å². The Kier molecular flexibility index (Phi) is 39.1. The van der Waals surface area contributed by atoms with E-state index in [0.29, 0.717) is 16.2 Å². The molecule has 524 valence electrons. The van der Waals surface area contributed by atoms with Gasteiger partial charge in [-0.15, -0.1) is 0 Å². The lowest BCUT2D eigenvalue weighted by Gasteiger charge is -2.22. The number of hydrogen-bond acceptors (Lipinski definition) is 0. The van der Waals surface area contributed by atoms with Gasteiger partial charge < -0.3 is 0 Å². The molecule has 0 spiro atoms. The number of fused-ring (bicyclic) bond motifs is 4. The van der Waals surface area contributed by atoms with Gasteiger partial charge in [0.1, 0.15) is 0 Å². The molecule has 0 aromatic heterocycles. The molecule has 0 nitrogen and oxygen atoms in total. The molecular formula is C88H172. The molecule has 0 amide bonds. The van der Waals surface area contributed by atoms with Crippen LogP contribution in [0.5, 0.6) is 0 Å². The van der Waals surface area contributed by atoms with Crippen molar-refractivity contribution in [3.63, 3.8) is 0 Å². The highest BCUT2D eigenvalue weighted by atomic mass is 14.4. The third-order valence-electron chi connectivity index (χ3n) is 29.1. The van der Waals surface area contributed by atoms with Crippen LogP contribution < -0.4 is 0 Å². The smallest absolute Gasteiger partial charge is 0.0328 e. The van der Waals surface area contributed by atoms with E-state index in [-0.39, 0.29) is 0 Å². The molecule has 4 bridgehead atoms. The van der Waals surface area contributed by atoms with Crippen molar-refractivity contribution in [1.82, 2.24) is 0 Å². The first-order valence-corrected chi connectivity index (χ1v) is 41.4. The second-order valence-electron chi connectivity index (χ2n) is 38.3. The number of hydrogen-bond donors (Lipinski definition) is 0. The molecule has 13 fully saturated rings. The summed E-state index contributed by atoms with van der Waals surface area (Å²) in [5.74, 6) is 17.8. The summed E-state index contributed by atoms with van der Waals surface area (Å²) in [7, 11) is 0. The summed E-state index contributed by atoms with van der Waals surface area (Å²) in [6, 6.07) is 0. The van der Waals surface area contributed by atoms with Crippen LogP contribution in [0.4, 0.5) is 0 Å². The summed E-state index contributed by atoms with van der Waals surface area (Å²) in [4.78, 5) is 0. The lowest BCUT2D eigenvalue weighted by atomic mass is 9.83. The van der Waals surface area contributed by atoms with Crippen molar-refractivity contribution in [1.29, 1.82) is 0 Å². The fourth-order valence-electron chi connectivity index (χ4n) is 20.1. The van der Waals surface area contributed by atoms with Gasteiger partial charge in [-0.1, -0.05) is 326 Å². The van der Waals surface area contributed by atoms with Gasteiger partial charge in [0.15, 0.2) is 0 Å². The standard InChI is InChI=1S/2C8H14.9C8H16/c1-6-4-7-2-3-8(6)5-7;1-6-7-2-3-8(6)5-4-7;1-6-4-7(2)8(3)5-6;1-7-4-5-8(2,3)6-7;2*1-7-5-4-6-8(7,2)3;1-7(2)8-5-3-4-6-8;2*1-3-8(2)6-4-5-7-8;1-3-8-6-4-5-7(8)2;1-2-5-8-6-3-4-7-8/h2*6-8H,2-5H2,1H3;6-8H,4-5H2,1-3H3;3*7H,4-6H2,1-3H3;7-8H,3-6H2,1-2H3;2*3-7H2,1-2H3;7-8H,3-6H2,1-2H3;8H,2-7H2,1H3/t;;;2*7-;;;;;;/m...00....../s1. The van der Waals surface area contributed by atoms with Crippen LogP contribution in [0, 0.1) is 128 Å². The van der Waals surface area contributed by atoms with E-state index in [1.807, 2.05) is 0 Å². The zero-order valence-corrected chi connectivity index (χ0v) is 65.7. The van der Waals surface area contributed by atoms with Gasteiger partial charge in [0.05, 0.1) is 0 Å². The van der Waals surface area contributed by atoms with Gasteiger partial charge >= 0.3 is 0 Å². The SMILES string of the molecule is CC(C)C1CCCC1.CC1C2CCC1CC2.CC1CC(C)C(C)C1.CC1CC2CCC1C2.CC1CCCC1(C)C.CCC1(C)CCCC1.CCC1(C)CCCC1.CCC1CCCC1C.CCCC1CCCC1.C[C@H]1CCC(C)(C)C1.C[C@H]1CCCC1(C)C. The van der Waals surface area contributed by atoms with Gasteiger partial charge in [-0.25, -0.2) is 0 Å². The van der Waals surface area contributed by atoms with E-state index >= 15 is 0 Å². The largest absolute Gasteiger partial charge is 0.0654 e. The molecule has 13 aliphatic rings. The fourth-order valence-corrected chi connectivity index (χ4v) is 20.1. The molecule has 0 aromatic rings. The molecule has 0 aliphatic heterocycles. The highest BCUT2D eigenvalue weighted by molar-refractivity contribution is 4.90. The molecule has 13 rings (SSSR count). The Hall–Kier alpha value is 0. The second-order valence-corrected chi connectivity index (χ2v) is 38.3. The monoisotopic (exact) mass is 1230 g/mol. The average molecular weight is 1230 g/mol. The van der Waals surface area contributed by atoms with Gasteiger partial charge in [-0.05, 0) is 237 Å². The second kappa shape index (κ2) is 41.8. The summed E-state index contributed by atoms with van der Waals surface area (Å²) < 4.78 is 0. The molecule has 0 heteroatoms. The minimum Gasteiger partial charge on any atom is -0.0654 e. The Labute approximate surface area is 559 Å². The Balaban J connectivity index is 0.000000253. The first-order valence-electron chi connectivity index (χ1n) is 41.4. The van der Waals surface area contributed by atoms with E-state index in [2.05, 4.69) is 159 Å². The molecule has 0 heterocycles. The summed E-state index contributed by atoms with van der Waals surface area (Å²) in [6.07, 6.45) is 63.7. The Bertz CT molecular complexity index is 1590. The van der Waals surface area contributed by atoms with E-state index < -0.39 is 0 Å². The van der Waals surface area contributed by atoms with Crippen LogP contribution in [0.15, 0.2) is 0 Å². The molecule has 13 aliphatic carbocycles. The molecular weight excluding hydrogens is 1060 g/mol. The van der Waals surface area contributed by atoms with Gasteiger partial charge in [0.25, 0.3) is 0 Å². The van der Waals surface area contributed by atoms with Crippen molar-refractivity contribution in [2.75, 3.05) is 0 Å². The Morgan fingerprint density at radius 1 is 0.364 bits per heavy atom. The summed E-state index contributed by atoms with van der Waals surface area (Å²) in [5.41, 5.74) is 3.44. The maximum atomic E-state index is 2.44. The highest BCUT2D eigenvalue weighted by Crippen LogP contribution is 2.50. The molecule has 0 saturated heterocycles. The molecule has 0 radical (unpaired) electrons. The number of rotatable bonds is 6. The van der Waals surface area contributed by atoms with E-state index in [1.54, 1.807) is 51.4 Å².